The monoisotopic (exact) mass is 418 g/mol. The molecule has 0 unspecified atom stereocenters. The number of anilines is 1. The molecule has 4 heterocycles. The van der Waals surface area contributed by atoms with E-state index in [1.54, 1.807) is 42.5 Å². The fourth-order valence-electron chi connectivity index (χ4n) is 3.80. The Morgan fingerprint density at radius 1 is 1.00 bits per heavy atom. The molecule has 6 rings (SSSR count). The standard InChI is InChI=1S/C20H14N6O5/c27-19-16-17(20(28)26(19)12-4-2-1-3-5-12)25(24-22-16)9-15-21-18(23-31-15)11-6-7-13-14(8-11)30-10-29-13/h1-8,16-17H,9-10H2/t16-,17-/m0/s1. The number of rotatable bonds is 4. The Labute approximate surface area is 174 Å². The molecule has 0 saturated carbocycles. The minimum absolute atomic E-state index is 0.0455. The smallest absolute Gasteiger partial charge is 0.263 e. The first-order valence-electron chi connectivity index (χ1n) is 9.52. The van der Waals surface area contributed by atoms with Gasteiger partial charge in [-0.15, -0.1) is 0 Å². The molecule has 3 aliphatic heterocycles. The van der Waals surface area contributed by atoms with Crippen molar-refractivity contribution in [3.05, 3.63) is 54.4 Å². The van der Waals surface area contributed by atoms with Crippen LogP contribution in [0.5, 0.6) is 11.5 Å². The molecule has 1 saturated heterocycles. The maximum atomic E-state index is 13.0. The zero-order chi connectivity index (χ0) is 20.9. The summed E-state index contributed by atoms with van der Waals surface area (Å²) in [4.78, 5) is 31.2. The van der Waals surface area contributed by atoms with Crippen molar-refractivity contribution in [1.29, 1.82) is 0 Å². The number of benzene rings is 2. The molecule has 11 nitrogen and oxygen atoms in total. The van der Waals surface area contributed by atoms with Crippen molar-refractivity contribution in [2.75, 3.05) is 11.7 Å². The van der Waals surface area contributed by atoms with Gasteiger partial charge in [-0.05, 0) is 30.3 Å². The van der Waals surface area contributed by atoms with Gasteiger partial charge in [0.25, 0.3) is 11.8 Å². The zero-order valence-electron chi connectivity index (χ0n) is 15.9. The van der Waals surface area contributed by atoms with Crippen molar-refractivity contribution < 1.29 is 23.6 Å². The SMILES string of the molecule is O=C1[C@H]2N=NN(Cc3nc(-c4ccc5c(c4)OCO5)no3)[C@@H]2C(=O)N1c1ccccc1. The summed E-state index contributed by atoms with van der Waals surface area (Å²) in [5, 5.41) is 13.4. The van der Waals surface area contributed by atoms with Crippen molar-refractivity contribution in [3.8, 4) is 22.9 Å². The predicted molar refractivity (Wildman–Crippen MR) is 103 cm³/mol. The fraction of sp³-hybridized carbons (Fsp3) is 0.200. The summed E-state index contributed by atoms with van der Waals surface area (Å²) in [6.45, 7) is 0.218. The van der Waals surface area contributed by atoms with Crippen molar-refractivity contribution >= 4 is 17.5 Å². The van der Waals surface area contributed by atoms with Crippen molar-refractivity contribution in [3.63, 3.8) is 0 Å². The van der Waals surface area contributed by atoms with Gasteiger partial charge in [0.1, 0.15) is 6.54 Å². The van der Waals surface area contributed by atoms with E-state index in [9.17, 15) is 9.59 Å². The van der Waals surface area contributed by atoms with Crippen LogP contribution in [0.4, 0.5) is 5.69 Å². The summed E-state index contributed by atoms with van der Waals surface area (Å²) in [6, 6.07) is 12.4. The molecule has 0 radical (unpaired) electrons. The minimum atomic E-state index is -0.885. The van der Waals surface area contributed by atoms with E-state index in [-0.39, 0.29) is 25.1 Å². The zero-order valence-corrected chi connectivity index (χ0v) is 15.9. The number of ether oxygens (including phenoxy) is 2. The number of hydrogen-bond acceptors (Lipinski definition) is 10. The van der Waals surface area contributed by atoms with Crippen LogP contribution in [-0.2, 0) is 16.1 Å². The Morgan fingerprint density at radius 2 is 1.84 bits per heavy atom. The van der Waals surface area contributed by atoms with Crippen LogP contribution in [0.25, 0.3) is 11.4 Å². The van der Waals surface area contributed by atoms with Gasteiger partial charge < -0.3 is 14.0 Å². The van der Waals surface area contributed by atoms with E-state index in [2.05, 4.69) is 20.5 Å². The molecule has 0 aliphatic carbocycles. The average Bonchev–Trinajstić information content (AvgIpc) is 3.56. The molecular formula is C20H14N6O5. The third kappa shape index (κ3) is 2.74. The van der Waals surface area contributed by atoms with Crippen LogP contribution in [-0.4, -0.2) is 45.8 Å². The predicted octanol–water partition coefficient (Wildman–Crippen LogP) is 1.96. The quantitative estimate of drug-likeness (QED) is 0.589. The number of amides is 2. The van der Waals surface area contributed by atoms with E-state index >= 15 is 0 Å². The van der Waals surface area contributed by atoms with Crippen molar-refractivity contribution in [2.45, 2.75) is 18.6 Å². The van der Waals surface area contributed by atoms with Gasteiger partial charge in [-0.3, -0.25) is 14.6 Å². The summed E-state index contributed by atoms with van der Waals surface area (Å²) in [7, 11) is 0. The third-order valence-electron chi connectivity index (χ3n) is 5.27. The average molecular weight is 418 g/mol. The van der Waals surface area contributed by atoms with Crippen LogP contribution in [0.3, 0.4) is 0 Å². The van der Waals surface area contributed by atoms with E-state index in [1.165, 1.54) is 5.01 Å². The van der Waals surface area contributed by atoms with Gasteiger partial charge in [0.15, 0.2) is 23.6 Å². The number of aromatic nitrogens is 2. The van der Waals surface area contributed by atoms with E-state index in [1.807, 2.05) is 6.07 Å². The van der Waals surface area contributed by atoms with Crippen LogP contribution in [0, 0.1) is 0 Å². The molecule has 3 aliphatic rings. The Bertz CT molecular complexity index is 1230. The normalized spacial score (nSPS) is 21.3. The number of carbonyl (C=O) groups is 2. The molecule has 3 aromatic rings. The summed E-state index contributed by atoms with van der Waals surface area (Å²) in [6.07, 6.45) is 0. The summed E-state index contributed by atoms with van der Waals surface area (Å²) in [5.74, 6) is 1.08. The number of fused-ring (bicyclic) bond motifs is 2. The first kappa shape index (κ1) is 17.6. The van der Waals surface area contributed by atoms with Crippen LogP contribution in [0.1, 0.15) is 5.89 Å². The molecule has 0 spiro atoms. The number of imide groups is 1. The van der Waals surface area contributed by atoms with Gasteiger partial charge >= 0.3 is 0 Å². The lowest BCUT2D eigenvalue weighted by atomic mass is 10.1. The minimum Gasteiger partial charge on any atom is -0.454 e. The van der Waals surface area contributed by atoms with E-state index in [0.29, 0.717) is 28.6 Å². The summed E-state index contributed by atoms with van der Waals surface area (Å²) >= 11 is 0. The summed E-state index contributed by atoms with van der Waals surface area (Å²) < 4.78 is 16.0. The van der Waals surface area contributed by atoms with Crippen molar-refractivity contribution in [1.82, 2.24) is 15.1 Å². The molecule has 0 N–H and O–H groups in total. The molecule has 1 aromatic heterocycles. The molecular weight excluding hydrogens is 404 g/mol. The van der Waals surface area contributed by atoms with Gasteiger partial charge in [-0.1, -0.05) is 28.6 Å². The van der Waals surface area contributed by atoms with Gasteiger partial charge in [0, 0.05) is 5.56 Å². The Morgan fingerprint density at radius 3 is 2.71 bits per heavy atom. The topological polar surface area (TPSA) is 123 Å². The maximum absolute atomic E-state index is 13.0. The largest absolute Gasteiger partial charge is 0.454 e. The van der Waals surface area contributed by atoms with Crippen LogP contribution >= 0.6 is 0 Å². The van der Waals surface area contributed by atoms with Gasteiger partial charge in [-0.25, -0.2) is 4.90 Å². The second kappa shape index (κ2) is 6.62. The molecule has 31 heavy (non-hydrogen) atoms. The Kier molecular flexibility index (Phi) is 3.75. The molecule has 11 heteroatoms. The second-order valence-corrected chi connectivity index (χ2v) is 7.12. The first-order chi connectivity index (χ1) is 15.2. The van der Waals surface area contributed by atoms with E-state index in [0.717, 1.165) is 4.90 Å². The summed E-state index contributed by atoms with van der Waals surface area (Å²) in [5.41, 5.74) is 1.20. The highest BCUT2D eigenvalue weighted by atomic mass is 16.7. The van der Waals surface area contributed by atoms with E-state index < -0.39 is 18.0 Å². The molecule has 0 bridgehead atoms. The molecule has 2 amide bonds. The van der Waals surface area contributed by atoms with Gasteiger partial charge in [-0.2, -0.15) is 10.1 Å². The molecule has 154 valence electrons. The highest BCUT2D eigenvalue weighted by Gasteiger charge is 2.55. The van der Waals surface area contributed by atoms with Crippen LogP contribution in [0.15, 0.2) is 63.4 Å². The lowest BCUT2D eigenvalue weighted by Crippen LogP contribution is -2.39. The van der Waals surface area contributed by atoms with Crippen LogP contribution in [0.2, 0.25) is 0 Å². The Balaban J connectivity index is 1.22. The van der Waals surface area contributed by atoms with Gasteiger partial charge in [0.05, 0.1) is 5.69 Å². The second-order valence-electron chi connectivity index (χ2n) is 7.12. The highest BCUT2D eigenvalue weighted by molar-refractivity contribution is 6.25. The fourth-order valence-corrected chi connectivity index (χ4v) is 3.80. The number of nitrogens with zero attached hydrogens (tertiary/aromatic N) is 6. The molecule has 1 fully saturated rings. The maximum Gasteiger partial charge on any atom is 0.263 e. The van der Waals surface area contributed by atoms with Crippen LogP contribution < -0.4 is 14.4 Å². The molecule has 2 aromatic carbocycles. The van der Waals surface area contributed by atoms with Crippen molar-refractivity contribution in [2.24, 2.45) is 10.3 Å². The number of carbonyl (C=O) groups excluding carboxylic acids is 2. The van der Waals surface area contributed by atoms with E-state index in [4.69, 9.17) is 14.0 Å². The van der Waals surface area contributed by atoms with Gasteiger partial charge in [0.2, 0.25) is 18.5 Å². The first-order valence-corrected chi connectivity index (χ1v) is 9.52. The lowest BCUT2D eigenvalue weighted by Gasteiger charge is -2.19. The third-order valence-corrected chi connectivity index (χ3v) is 5.27. The Hall–Kier alpha value is -4.28. The highest BCUT2D eigenvalue weighted by Crippen LogP contribution is 2.36. The molecule has 2 atom stereocenters. The number of para-hydroxylation sites is 1. The number of hydrogen-bond donors (Lipinski definition) is 0. The lowest BCUT2D eigenvalue weighted by molar-refractivity contribution is -0.123.